The Morgan fingerprint density at radius 2 is 2.25 bits per heavy atom. The van der Waals surface area contributed by atoms with Gasteiger partial charge in [-0.2, -0.15) is 5.26 Å². The molecule has 0 aromatic heterocycles. The van der Waals surface area contributed by atoms with Crippen LogP contribution in [0.15, 0.2) is 16.6 Å². The third kappa shape index (κ3) is 4.49. The number of nitrogens with one attached hydrogen (secondary N) is 2. The summed E-state index contributed by atoms with van der Waals surface area (Å²) in [5.74, 6) is -0.591. The number of anilines is 1. The van der Waals surface area contributed by atoms with E-state index in [0.29, 0.717) is 6.54 Å². The van der Waals surface area contributed by atoms with Crippen molar-refractivity contribution in [2.45, 2.75) is 32.7 Å². The number of hydrogen-bond acceptors (Lipinski definition) is 3. The van der Waals surface area contributed by atoms with Crippen molar-refractivity contribution >= 4 is 27.5 Å². The number of carbonyl (C=O) groups excluding carboxylic acids is 1. The average molecular weight is 342 g/mol. The largest absolute Gasteiger partial charge is 0.382 e. The molecule has 6 heteroatoms. The Kier molecular flexibility index (Phi) is 6.46. The lowest BCUT2D eigenvalue weighted by Crippen LogP contribution is -2.33. The molecule has 4 nitrogen and oxygen atoms in total. The van der Waals surface area contributed by atoms with Crippen molar-refractivity contribution in [2.75, 3.05) is 11.9 Å². The van der Waals surface area contributed by atoms with Crippen LogP contribution in [0.5, 0.6) is 0 Å². The van der Waals surface area contributed by atoms with E-state index < -0.39 is 5.82 Å². The molecule has 0 spiro atoms. The van der Waals surface area contributed by atoms with Crippen LogP contribution in [0.3, 0.4) is 0 Å². The first kappa shape index (κ1) is 16.4. The third-order valence-corrected chi connectivity index (χ3v) is 3.67. The Labute approximate surface area is 126 Å². The van der Waals surface area contributed by atoms with E-state index in [1.54, 1.807) is 0 Å². The normalized spacial score (nSPS) is 11.6. The second-order valence-corrected chi connectivity index (χ2v) is 5.25. The van der Waals surface area contributed by atoms with Crippen molar-refractivity contribution in [3.05, 3.63) is 28.0 Å². The number of amides is 1. The van der Waals surface area contributed by atoms with Gasteiger partial charge in [0, 0.05) is 19.0 Å². The molecule has 0 heterocycles. The Bertz CT molecular complexity index is 528. The summed E-state index contributed by atoms with van der Waals surface area (Å²) >= 11 is 3.04. The molecule has 0 bridgehead atoms. The minimum absolute atomic E-state index is 0.0695. The number of nitriles is 1. The highest BCUT2D eigenvalue weighted by Crippen LogP contribution is 2.26. The summed E-state index contributed by atoms with van der Waals surface area (Å²) in [6.07, 6.45) is 1.14. The van der Waals surface area contributed by atoms with Crippen LogP contribution in [0.25, 0.3) is 0 Å². The van der Waals surface area contributed by atoms with E-state index in [-0.39, 0.29) is 34.1 Å². The number of halogens is 2. The zero-order valence-electron chi connectivity index (χ0n) is 11.5. The zero-order valence-corrected chi connectivity index (χ0v) is 13.1. The fourth-order valence-electron chi connectivity index (χ4n) is 1.53. The second kappa shape index (κ2) is 7.85. The summed E-state index contributed by atoms with van der Waals surface area (Å²) < 4.78 is 14.0. The van der Waals surface area contributed by atoms with Crippen LogP contribution in [-0.4, -0.2) is 18.5 Å². The van der Waals surface area contributed by atoms with Crippen LogP contribution in [0, 0.1) is 17.1 Å². The van der Waals surface area contributed by atoms with Crippen molar-refractivity contribution in [3.8, 4) is 6.07 Å². The van der Waals surface area contributed by atoms with Gasteiger partial charge in [0.2, 0.25) is 5.91 Å². The fourth-order valence-corrected chi connectivity index (χ4v) is 1.97. The summed E-state index contributed by atoms with van der Waals surface area (Å²) in [4.78, 5) is 11.6. The summed E-state index contributed by atoms with van der Waals surface area (Å²) in [6, 6.07) is 5.04. The van der Waals surface area contributed by atoms with Gasteiger partial charge in [0.15, 0.2) is 5.82 Å². The Balaban J connectivity index is 2.53. The molecule has 2 N–H and O–H groups in total. The lowest BCUT2D eigenvalue weighted by atomic mass is 10.2. The van der Waals surface area contributed by atoms with Gasteiger partial charge in [0.05, 0.1) is 15.7 Å². The molecule has 0 fully saturated rings. The van der Waals surface area contributed by atoms with E-state index in [4.69, 9.17) is 5.26 Å². The SMILES string of the molecule is CCC(C)NC(=O)CCNc1ccc(C#N)c(Br)c1F. The van der Waals surface area contributed by atoms with Gasteiger partial charge < -0.3 is 10.6 Å². The molecule has 1 unspecified atom stereocenters. The quantitative estimate of drug-likeness (QED) is 0.835. The Morgan fingerprint density at radius 3 is 2.85 bits per heavy atom. The van der Waals surface area contributed by atoms with Crippen LogP contribution >= 0.6 is 15.9 Å². The molecule has 1 aromatic carbocycles. The van der Waals surface area contributed by atoms with Gasteiger partial charge in [-0.1, -0.05) is 6.92 Å². The topological polar surface area (TPSA) is 64.9 Å². The van der Waals surface area contributed by atoms with E-state index in [0.717, 1.165) is 6.42 Å². The minimum Gasteiger partial charge on any atom is -0.382 e. The average Bonchev–Trinajstić information content (AvgIpc) is 2.43. The number of benzene rings is 1. The van der Waals surface area contributed by atoms with Gasteiger partial charge in [0.1, 0.15) is 6.07 Å². The molecule has 1 amide bonds. The molecule has 1 aromatic rings. The first-order chi connectivity index (χ1) is 9.49. The summed E-state index contributed by atoms with van der Waals surface area (Å²) in [5.41, 5.74) is 0.509. The van der Waals surface area contributed by atoms with Crippen molar-refractivity contribution in [2.24, 2.45) is 0 Å². The standard InChI is InChI=1S/C14H17BrFN3O/c1-3-9(2)19-12(20)6-7-18-11-5-4-10(8-17)13(15)14(11)16/h4-5,9,18H,3,6-7H2,1-2H3,(H,19,20). The first-order valence-electron chi connectivity index (χ1n) is 6.40. The molecule has 20 heavy (non-hydrogen) atoms. The van der Waals surface area contributed by atoms with Crippen molar-refractivity contribution in [3.63, 3.8) is 0 Å². The molecule has 0 radical (unpaired) electrons. The molecular weight excluding hydrogens is 325 g/mol. The smallest absolute Gasteiger partial charge is 0.221 e. The number of nitrogens with zero attached hydrogens (tertiary/aromatic N) is 1. The van der Waals surface area contributed by atoms with Crippen molar-refractivity contribution in [1.29, 1.82) is 5.26 Å². The van der Waals surface area contributed by atoms with E-state index in [1.807, 2.05) is 19.9 Å². The molecule has 1 atom stereocenters. The molecule has 0 saturated heterocycles. The third-order valence-electron chi connectivity index (χ3n) is 2.89. The van der Waals surface area contributed by atoms with E-state index >= 15 is 0 Å². The monoisotopic (exact) mass is 341 g/mol. The van der Waals surface area contributed by atoms with E-state index in [1.165, 1.54) is 12.1 Å². The summed E-state index contributed by atoms with van der Waals surface area (Å²) in [6.45, 7) is 4.26. The predicted molar refractivity (Wildman–Crippen MR) is 79.8 cm³/mol. The molecule has 0 aliphatic rings. The lowest BCUT2D eigenvalue weighted by Gasteiger charge is -2.12. The maximum atomic E-state index is 13.9. The Morgan fingerprint density at radius 1 is 1.55 bits per heavy atom. The molecule has 108 valence electrons. The van der Waals surface area contributed by atoms with Gasteiger partial charge in [-0.15, -0.1) is 0 Å². The summed E-state index contributed by atoms with van der Waals surface area (Å²) in [5, 5.41) is 14.5. The fraction of sp³-hybridized carbons (Fsp3) is 0.429. The maximum absolute atomic E-state index is 13.9. The van der Waals surface area contributed by atoms with Crippen molar-refractivity contribution < 1.29 is 9.18 Å². The first-order valence-corrected chi connectivity index (χ1v) is 7.20. The number of carbonyl (C=O) groups is 1. The number of hydrogen-bond donors (Lipinski definition) is 2. The van der Waals surface area contributed by atoms with Gasteiger partial charge in [-0.25, -0.2) is 4.39 Å². The lowest BCUT2D eigenvalue weighted by molar-refractivity contribution is -0.121. The zero-order chi connectivity index (χ0) is 15.1. The predicted octanol–water partition coefficient (Wildman–Crippen LogP) is 3.18. The van der Waals surface area contributed by atoms with Gasteiger partial charge in [-0.05, 0) is 41.4 Å². The van der Waals surface area contributed by atoms with E-state index in [9.17, 15) is 9.18 Å². The highest BCUT2D eigenvalue weighted by molar-refractivity contribution is 9.10. The van der Waals surface area contributed by atoms with Crippen LogP contribution < -0.4 is 10.6 Å². The molecular formula is C14H17BrFN3O. The maximum Gasteiger partial charge on any atom is 0.221 e. The molecule has 0 saturated carbocycles. The van der Waals surface area contributed by atoms with Crippen molar-refractivity contribution in [1.82, 2.24) is 5.32 Å². The van der Waals surface area contributed by atoms with Crippen LogP contribution in [0.2, 0.25) is 0 Å². The minimum atomic E-state index is -0.522. The highest BCUT2D eigenvalue weighted by atomic mass is 79.9. The van der Waals surface area contributed by atoms with Crippen LogP contribution in [-0.2, 0) is 4.79 Å². The number of rotatable bonds is 6. The molecule has 1 rings (SSSR count). The van der Waals surface area contributed by atoms with Crippen LogP contribution in [0.4, 0.5) is 10.1 Å². The second-order valence-electron chi connectivity index (χ2n) is 4.45. The highest BCUT2D eigenvalue weighted by Gasteiger charge is 2.11. The Hall–Kier alpha value is -1.61. The molecule has 0 aliphatic heterocycles. The van der Waals surface area contributed by atoms with Gasteiger partial charge in [0.25, 0.3) is 0 Å². The summed E-state index contributed by atoms with van der Waals surface area (Å²) in [7, 11) is 0. The molecule has 0 aliphatic carbocycles. The van der Waals surface area contributed by atoms with E-state index in [2.05, 4.69) is 26.6 Å². The van der Waals surface area contributed by atoms with Gasteiger partial charge >= 0.3 is 0 Å². The van der Waals surface area contributed by atoms with Crippen LogP contribution in [0.1, 0.15) is 32.3 Å². The van der Waals surface area contributed by atoms with Gasteiger partial charge in [-0.3, -0.25) is 4.79 Å².